The Morgan fingerprint density at radius 3 is 2.65 bits per heavy atom. The first-order valence-electron chi connectivity index (χ1n) is 5.92. The van der Waals surface area contributed by atoms with Gasteiger partial charge in [-0.1, -0.05) is 0 Å². The molecule has 20 heavy (non-hydrogen) atoms. The minimum absolute atomic E-state index is 0.148. The van der Waals surface area contributed by atoms with Crippen LogP contribution < -0.4 is 15.4 Å². The summed E-state index contributed by atoms with van der Waals surface area (Å²) in [6.07, 6.45) is 0. The fourth-order valence-electron chi connectivity index (χ4n) is 1.64. The van der Waals surface area contributed by atoms with Crippen LogP contribution in [0, 0.1) is 0 Å². The van der Waals surface area contributed by atoms with Gasteiger partial charge in [0, 0.05) is 24.2 Å². The van der Waals surface area contributed by atoms with Gasteiger partial charge in [-0.3, -0.25) is 9.35 Å². The van der Waals surface area contributed by atoms with Crippen molar-refractivity contribution >= 4 is 16.0 Å². The molecule has 0 spiro atoms. The van der Waals surface area contributed by atoms with E-state index in [9.17, 15) is 13.2 Å². The fourth-order valence-corrected chi connectivity index (χ4v) is 2.00. The second-order valence-electron chi connectivity index (χ2n) is 4.10. The molecule has 1 aromatic rings. The highest BCUT2D eigenvalue weighted by Gasteiger charge is 2.11. The molecule has 1 amide bonds. The molecule has 7 nitrogen and oxygen atoms in total. The van der Waals surface area contributed by atoms with E-state index in [0.717, 1.165) is 5.56 Å². The first kappa shape index (κ1) is 16.4. The van der Waals surface area contributed by atoms with Crippen molar-refractivity contribution in [3.63, 3.8) is 0 Å². The lowest BCUT2D eigenvalue weighted by molar-refractivity contribution is 0.0956. The summed E-state index contributed by atoms with van der Waals surface area (Å²) < 4.78 is 34.9. The van der Waals surface area contributed by atoms with Gasteiger partial charge in [0.15, 0.2) is 0 Å². The average molecular weight is 302 g/mol. The maximum absolute atomic E-state index is 11.8. The highest BCUT2D eigenvalue weighted by atomic mass is 32.2. The molecule has 0 heterocycles. The van der Waals surface area contributed by atoms with Crippen molar-refractivity contribution in [2.75, 3.05) is 26.5 Å². The summed E-state index contributed by atoms with van der Waals surface area (Å²) >= 11 is 0. The molecule has 0 aliphatic rings. The number of carbonyl (C=O) groups excluding carboxylic acids is 1. The Morgan fingerprint density at radius 1 is 1.40 bits per heavy atom. The first-order chi connectivity index (χ1) is 9.37. The minimum Gasteiger partial charge on any atom is -0.496 e. The summed E-state index contributed by atoms with van der Waals surface area (Å²) in [7, 11) is -0.756. The maximum atomic E-state index is 11.8. The van der Waals surface area contributed by atoms with Crippen LogP contribution in [0.3, 0.4) is 0 Å². The van der Waals surface area contributed by atoms with Crippen LogP contribution in [-0.4, -0.2) is 45.3 Å². The van der Waals surface area contributed by atoms with E-state index in [4.69, 9.17) is 9.29 Å². The van der Waals surface area contributed by atoms with Gasteiger partial charge in [0.25, 0.3) is 16.0 Å². The van der Waals surface area contributed by atoms with Gasteiger partial charge < -0.3 is 15.4 Å². The SMILES string of the molecule is CNCc1cc(C(=O)NCCS(=O)(=O)O)ccc1OC. The normalized spacial score (nSPS) is 11.2. The van der Waals surface area contributed by atoms with Gasteiger partial charge in [-0.25, -0.2) is 0 Å². The van der Waals surface area contributed by atoms with E-state index in [-0.39, 0.29) is 6.54 Å². The molecule has 0 aromatic heterocycles. The van der Waals surface area contributed by atoms with Crippen LogP contribution in [0.25, 0.3) is 0 Å². The van der Waals surface area contributed by atoms with Crippen molar-refractivity contribution in [1.82, 2.24) is 10.6 Å². The molecule has 0 aliphatic carbocycles. The third-order valence-corrected chi connectivity index (χ3v) is 3.28. The third-order valence-electron chi connectivity index (χ3n) is 2.56. The van der Waals surface area contributed by atoms with Crippen molar-refractivity contribution in [3.05, 3.63) is 29.3 Å². The third kappa shape index (κ3) is 5.16. The molecule has 0 fully saturated rings. The van der Waals surface area contributed by atoms with E-state index in [0.29, 0.717) is 17.9 Å². The van der Waals surface area contributed by atoms with Crippen molar-refractivity contribution in [2.45, 2.75) is 6.54 Å². The Balaban J connectivity index is 2.75. The number of amides is 1. The highest BCUT2D eigenvalue weighted by molar-refractivity contribution is 7.85. The van der Waals surface area contributed by atoms with Crippen LogP contribution in [0.15, 0.2) is 18.2 Å². The lowest BCUT2D eigenvalue weighted by Crippen LogP contribution is -2.29. The van der Waals surface area contributed by atoms with Crippen LogP contribution >= 0.6 is 0 Å². The number of benzene rings is 1. The van der Waals surface area contributed by atoms with Gasteiger partial charge in [-0.05, 0) is 25.2 Å². The molecule has 1 rings (SSSR count). The Hall–Kier alpha value is -1.64. The molecule has 1 aromatic carbocycles. The number of rotatable bonds is 7. The Kier molecular flexibility index (Phi) is 5.93. The Bertz CT molecular complexity index is 571. The Morgan fingerprint density at radius 2 is 2.10 bits per heavy atom. The lowest BCUT2D eigenvalue weighted by atomic mass is 10.1. The molecule has 0 aliphatic heterocycles. The number of carbonyl (C=O) groups is 1. The zero-order valence-corrected chi connectivity index (χ0v) is 12.2. The van der Waals surface area contributed by atoms with Gasteiger partial charge in [0.1, 0.15) is 5.75 Å². The molecular weight excluding hydrogens is 284 g/mol. The van der Waals surface area contributed by atoms with Crippen LogP contribution in [0.5, 0.6) is 5.75 Å². The second kappa shape index (κ2) is 7.22. The van der Waals surface area contributed by atoms with Gasteiger partial charge in [-0.15, -0.1) is 0 Å². The zero-order chi connectivity index (χ0) is 15.2. The van der Waals surface area contributed by atoms with Gasteiger partial charge in [0.2, 0.25) is 0 Å². The monoisotopic (exact) mass is 302 g/mol. The number of nitrogens with one attached hydrogen (secondary N) is 2. The smallest absolute Gasteiger partial charge is 0.266 e. The van der Waals surface area contributed by atoms with Gasteiger partial charge in [0.05, 0.1) is 12.9 Å². The molecule has 0 bridgehead atoms. The molecule has 0 unspecified atom stereocenters. The lowest BCUT2D eigenvalue weighted by Gasteiger charge is -2.10. The van der Waals surface area contributed by atoms with Crippen molar-refractivity contribution in [1.29, 1.82) is 0 Å². The number of methoxy groups -OCH3 is 1. The van der Waals surface area contributed by atoms with E-state index < -0.39 is 21.8 Å². The molecule has 3 N–H and O–H groups in total. The van der Waals surface area contributed by atoms with Crippen molar-refractivity contribution < 1.29 is 22.5 Å². The first-order valence-corrected chi connectivity index (χ1v) is 7.53. The molecule has 8 heteroatoms. The summed E-state index contributed by atoms with van der Waals surface area (Å²) in [5.74, 6) is -0.263. The maximum Gasteiger partial charge on any atom is 0.266 e. The van der Waals surface area contributed by atoms with Crippen LogP contribution in [0.4, 0.5) is 0 Å². The number of hydrogen-bond donors (Lipinski definition) is 3. The standard InChI is InChI=1S/C12H18N2O5S/c1-13-8-10-7-9(3-4-11(10)19-2)12(15)14-5-6-20(16,17)18/h3-4,7,13H,5-6,8H2,1-2H3,(H,14,15)(H,16,17,18). The van der Waals surface area contributed by atoms with E-state index in [2.05, 4.69) is 10.6 Å². The predicted molar refractivity (Wildman–Crippen MR) is 74.5 cm³/mol. The predicted octanol–water partition coefficient (Wildman–Crippen LogP) is 0.0322. The zero-order valence-electron chi connectivity index (χ0n) is 11.3. The van der Waals surface area contributed by atoms with E-state index in [1.54, 1.807) is 32.4 Å². The van der Waals surface area contributed by atoms with Crippen LogP contribution in [0.1, 0.15) is 15.9 Å². The van der Waals surface area contributed by atoms with Crippen molar-refractivity contribution in [3.8, 4) is 5.75 Å². The average Bonchev–Trinajstić information content (AvgIpc) is 2.37. The summed E-state index contributed by atoms with van der Waals surface area (Å²) in [6, 6.07) is 4.92. The summed E-state index contributed by atoms with van der Waals surface area (Å²) in [5.41, 5.74) is 1.21. The summed E-state index contributed by atoms with van der Waals surface area (Å²) in [6.45, 7) is 0.389. The van der Waals surface area contributed by atoms with E-state index >= 15 is 0 Å². The fraction of sp³-hybridized carbons (Fsp3) is 0.417. The molecule has 0 radical (unpaired) electrons. The molecule has 0 saturated carbocycles. The molecule has 0 saturated heterocycles. The van der Waals surface area contributed by atoms with Crippen LogP contribution in [0.2, 0.25) is 0 Å². The van der Waals surface area contributed by atoms with E-state index in [1.165, 1.54) is 0 Å². The topological polar surface area (TPSA) is 105 Å². The number of ether oxygens (including phenoxy) is 1. The Labute approximate surface area is 118 Å². The summed E-state index contributed by atoms with van der Waals surface area (Å²) in [4.78, 5) is 11.8. The molecular formula is C12H18N2O5S. The van der Waals surface area contributed by atoms with Crippen molar-refractivity contribution in [2.24, 2.45) is 0 Å². The second-order valence-corrected chi connectivity index (χ2v) is 5.67. The van der Waals surface area contributed by atoms with Gasteiger partial charge >= 0.3 is 0 Å². The quantitative estimate of drug-likeness (QED) is 0.614. The molecule has 112 valence electrons. The minimum atomic E-state index is -4.07. The number of hydrogen-bond acceptors (Lipinski definition) is 5. The molecule has 0 atom stereocenters. The largest absolute Gasteiger partial charge is 0.496 e. The van der Waals surface area contributed by atoms with Crippen LogP contribution in [-0.2, 0) is 16.7 Å². The summed E-state index contributed by atoms with van der Waals surface area (Å²) in [5, 5.41) is 5.39. The van der Waals surface area contributed by atoms with E-state index in [1.807, 2.05) is 0 Å². The van der Waals surface area contributed by atoms with Gasteiger partial charge in [-0.2, -0.15) is 8.42 Å². The highest BCUT2D eigenvalue weighted by Crippen LogP contribution is 2.19.